The van der Waals surface area contributed by atoms with Gasteiger partial charge in [0.25, 0.3) is 0 Å². The van der Waals surface area contributed by atoms with Gasteiger partial charge in [0.1, 0.15) is 6.07 Å². The zero-order chi connectivity index (χ0) is 12.5. The van der Waals surface area contributed by atoms with Crippen molar-refractivity contribution in [2.24, 2.45) is 0 Å². The molecule has 0 saturated carbocycles. The minimum absolute atomic E-state index is 0.0970. The molecule has 1 fully saturated rings. The Kier molecular flexibility index (Phi) is 2.79. The van der Waals surface area contributed by atoms with Gasteiger partial charge in [-0.1, -0.05) is 0 Å². The summed E-state index contributed by atoms with van der Waals surface area (Å²) in [6, 6.07) is 5.44. The first-order chi connectivity index (χ1) is 7.94. The van der Waals surface area contributed by atoms with E-state index >= 15 is 0 Å². The molecule has 1 aromatic heterocycles. The third kappa shape index (κ3) is 2.56. The Labute approximate surface area is 100 Å². The Morgan fingerprint density at radius 2 is 2.35 bits per heavy atom. The summed E-state index contributed by atoms with van der Waals surface area (Å²) in [5, 5.41) is 12.0. The maximum absolute atomic E-state index is 11.5. The van der Waals surface area contributed by atoms with Crippen LogP contribution >= 0.6 is 0 Å². The van der Waals surface area contributed by atoms with E-state index in [1.54, 1.807) is 12.1 Å². The maximum atomic E-state index is 11.5. The highest BCUT2D eigenvalue weighted by Crippen LogP contribution is 2.28. The molecule has 6 heteroatoms. The molecule has 17 heavy (non-hydrogen) atoms. The van der Waals surface area contributed by atoms with Gasteiger partial charge in [-0.05, 0) is 25.5 Å². The number of aromatic nitrogens is 1. The molecule has 0 aliphatic carbocycles. The fourth-order valence-electron chi connectivity index (χ4n) is 2.03. The van der Waals surface area contributed by atoms with Crippen molar-refractivity contribution in [1.29, 1.82) is 5.26 Å². The molecule has 1 aliphatic rings. The lowest BCUT2D eigenvalue weighted by molar-refractivity contribution is 0.573. The molecule has 1 atom stereocenters. The van der Waals surface area contributed by atoms with Crippen LogP contribution in [0.5, 0.6) is 0 Å². The van der Waals surface area contributed by atoms with Gasteiger partial charge in [-0.3, -0.25) is 0 Å². The predicted molar refractivity (Wildman–Crippen MR) is 64.3 cm³/mol. The molecule has 5 nitrogen and oxygen atoms in total. The molecule has 1 N–H and O–H groups in total. The highest BCUT2D eigenvalue weighted by atomic mass is 32.2. The molecular weight excluding hydrogens is 238 g/mol. The standard InChI is InChI=1S/C11H13N3O2S/c1-11(4-6-17(15,16)8-11)14-9-3-2-5-13-10(9)7-12/h2-3,5,14H,4,6,8H2,1H3. The van der Waals surface area contributed by atoms with E-state index in [0.717, 1.165) is 0 Å². The monoisotopic (exact) mass is 251 g/mol. The maximum Gasteiger partial charge on any atom is 0.163 e. The van der Waals surface area contributed by atoms with Crippen LogP contribution in [0.1, 0.15) is 19.0 Å². The van der Waals surface area contributed by atoms with Gasteiger partial charge in [0.05, 0.1) is 17.2 Å². The van der Waals surface area contributed by atoms with Gasteiger partial charge in [-0.2, -0.15) is 5.26 Å². The number of rotatable bonds is 2. The molecule has 0 amide bonds. The van der Waals surface area contributed by atoms with Crippen LogP contribution in [-0.2, 0) is 9.84 Å². The average Bonchev–Trinajstić information content (AvgIpc) is 2.53. The average molecular weight is 251 g/mol. The summed E-state index contributed by atoms with van der Waals surface area (Å²) >= 11 is 0. The number of pyridine rings is 1. The largest absolute Gasteiger partial charge is 0.376 e. The van der Waals surface area contributed by atoms with Gasteiger partial charge in [0.2, 0.25) is 0 Å². The van der Waals surface area contributed by atoms with E-state index in [9.17, 15) is 8.42 Å². The van der Waals surface area contributed by atoms with Crippen LogP contribution in [-0.4, -0.2) is 30.4 Å². The van der Waals surface area contributed by atoms with Crippen molar-refractivity contribution < 1.29 is 8.42 Å². The Morgan fingerprint density at radius 1 is 1.59 bits per heavy atom. The summed E-state index contributed by atoms with van der Waals surface area (Å²) in [5.74, 6) is 0.290. The zero-order valence-corrected chi connectivity index (χ0v) is 10.3. The number of hydrogen-bond donors (Lipinski definition) is 1. The number of sulfone groups is 1. The molecule has 1 unspecified atom stereocenters. The Bertz CT molecular complexity index is 577. The van der Waals surface area contributed by atoms with Crippen molar-refractivity contribution in [3.05, 3.63) is 24.0 Å². The fraction of sp³-hybridized carbons (Fsp3) is 0.455. The number of nitrogens with zero attached hydrogens (tertiary/aromatic N) is 2. The van der Waals surface area contributed by atoms with Crippen molar-refractivity contribution in [3.8, 4) is 6.07 Å². The summed E-state index contributed by atoms with van der Waals surface area (Å²) in [4.78, 5) is 3.93. The van der Waals surface area contributed by atoms with Gasteiger partial charge in [-0.25, -0.2) is 13.4 Å². The Morgan fingerprint density at radius 3 is 2.94 bits per heavy atom. The third-order valence-electron chi connectivity index (χ3n) is 2.85. The van der Waals surface area contributed by atoms with E-state index in [0.29, 0.717) is 12.1 Å². The molecule has 0 bridgehead atoms. The van der Waals surface area contributed by atoms with E-state index in [1.165, 1.54) is 6.20 Å². The lowest BCUT2D eigenvalue weighted by Gasteiger charge is -2.25. The van der Waals surface area contributed by atoms with Crippen molar-refractivity contribution in [2.75, 3.05) is 16.8 Å². The SMILES string of the molecule is CC1(Nc2cccnc2C#N)CCS(=O)(=O)C1. The number of anilines is 1. The molecule has 90 valence electrons. The highest BCUT2D eigenvalue weighted by Gasteiger charge is 2.38. The van der Waals surface area contributed by atoms with Crippen LogP contribution in [0, 0.1) is 11.3 Å². The summed E-state index contributed by atoms with van der Waals surface area (Å²) in [6.07, 6.45) is 2.09. The summed E-state index contributed by atoms with van der Waals surface area (Å²) < 4.78 is 22.9. The first kappa shape index (κ1) is 11.9. The highest BCUT2D eigenvalue weighted by molar-refractivity contribution is 7.91. The van der Waals surface area contributed by atoms with Crippen LogP contribution in [0.25, 0.3) is 0 Å². The normalized spacial score (nSPS) is 26.4. The number of hydrogen-bond acceptors (Lipinski definition) is 5. The first-order valence-corrected chi connectivity index (χ1v) is 7.10. The third-order valence-corrected chi connectivity index (χ3v) is 4.76. The Hall–Kier alpha value is -1.61. The lowest BCUT2D eigenvalue weighted by Crippen LogP contribution is -2.36. The van der Waals surface area contributed by atoms with Gasteiger partial charge >= 0.3 is 0 Å². The van der Waals surface area contributed by atoms with Crippen LogP contribution in [0.4, 0.5) is 5.69 Å². The molecule has 1 aliphatic heterocycles. The fourth-order valence-corrected chi connectivity index (χ4v) is 4.12. The van der Waals surface area contributed by atoms with Crippen LogP contribution < -0.4 is 5.32 Å². The second-order valence-electron chi connectivity index (χ2n) is 4.54. The molecule has 0 radical (unpaired) electrons. The van der Waals surface area contributed by atoms with Crippen molar-refractivity contribution in [1.82, 2.24) is 4.98 Å². The second kappa shape index (κ2) is 4.00. The smallest absolute Gasteiger partial charge is 0.163 e. The molecule has 2 heterocycles. The summed E-state index contributed by atoms with van der Waals surface area (Å²) in [5.41, 5.74) is 0.376. The van der Waals surface area contributed by atoms with Gasteiger partial charge in [-0.15, -0.1) is 0 Å². The zero-order valence-electron chi connectivity index (χ0n) is 9.47. The molecule has 1 saturated heterocycles. The van der Waals surface area contributed by atoms with E-state index in [-0.39, 0.29) is 17.2 Å². The van der Waals surface area contributed by atoms with E-state index in [1.807, 2.05) is 13.0 Å². The lowest BCUT2D eigenvalue weighted by atomic mass is 10.0. The van der Waals surface area contributed by atoms with Crippen LogP contribution in [0.2, 0.25) is 0 Å². The van der Waals surface area contributed by atoms with Crippen LogP contribution in [0.3, 0.4) is 0 Å². The van der Waals surface area contributed by atoms with E-state index in [4.69, 9.17) is 5.26 Å². The number of nitrogens with one attached hydrogen (secondary N) is 1. The summed E-state index contributed by atoms with van der Waals surface area (Å²) in [7, 11) is -2.96. The van der Waals surface area contributed by atoms with Gasteiger partial charge in [0, 0.05) is 11.7 Å². The predicted octanol–water partition coefficient (Wildman–Crippen LogP) is 0.942. The van der Waals surface area contributed by atoms with Crippen molar-refractivity contribution in [2.45, 2.75) is 18.9 Å². The Balaban J connectivity index is 2.25. The van der Waals surface area contributed by atoms with Gasteiger partial charge < -0.3 is 5.32 Å². The van der Waals surface area contributed by atoms with E-state index in [2.05, 4.69) is 10.3 Å². The van der Waals surface area contributed by atoms with E-state index < -0.39 is 15.4 Å². The van der Waals surface area contributed by atoms with Crippen LogP contribution in [0.15, 0.2) is 18.3 Å². The first-order valence-electron chi connectivity index (χ1n) is 5.28. The quantitative estimate of drug-likeness (QED) is 0.845. The molecule has 0 spiro atoms. The molecule has 1 aromatic rings. The minimum atomic E-state index is -2.96. The van der Waals surface area contributed by atoms with Gasteiger partial charge in [0.15, 0.2) is 15.5 Å². The number of nitriles is 1. The molecule has 2 rings (SSSR count). The molecule has 0 aromatic carbocycles. The minimum Gasteiger partial charge on any atom is -0.376 e. The van der Waals surface area contributed by atoms with Crippen molar-refractivity contribution in [3.63, 3.8) is 0 Å². The second-order valence-corrected chi connectivity index (χ2v) is 6.72. The topological polar surface area (TPSA) is 82.8 Å². The molecular formula is C11H13N3O2S. The van der Waals surface area contributed by atoms with Crippen molar-refractivity contribution >= 4 is 15.5 Å². The summed E-state index contributed by atoms with van der Waals surface area (Å²) in [6.45, 7) is 1.85.